The van der Waals surface area contributed by atoms with Crippen LogP contribution < -0.4 is 10.6 Å². The van der Waals surface area contributed by atoms with E-state index in [2.05, 4.69) is 26.6 Å². The van der Waals surface area contributed by atoms with Crippen LogP contribution in [0.15, 0.2) is 28.7 Å². The molecule has 100 valence electrons. The van der Waals surface area contributed by atoms with Gasteiger partial charge in [-0.2, -0.15) is 11.8 Å². The largest absolute Gasteiger partial charge is 0.396 e. The van der Waals surface area contributed by atoms with E-state index in [0.717, 1.165) is 28.1 Å². The first-order valence-corrected chi connectivity index (χ1v) is 7.67. The van der Waals surface area contributed by atoms with Crippen molar-refractivity contribution in [2.24, 2.45) is 0 Å². The fourth-order valence-corrected chi connectivity index (χ4v) is 2.40. The molecule has 2 amide bonds. The number of para-hydroxylation sites is 1. The van der Waals surface area contributed by atoms with Crippen LogP contribution >= 0.6 is 27.7 Å². The van der Waals surface area contributed by atoms with Crippen molar-refractivity contribution in [1.82, 2.24) is 5.32 Å². The SMILES string of the molecule is O=C(NCCSCCCO)Nc1ccccc1Br. The van der Waals surface area contributed by atoms with Gasteiger partial charge < -0.3 is 15.7 Å². The Bertz CT molecular complexity index is 377. The second-order valence-corrected chi connectivity index (χ2v) is 5.63. The number of anilines is 1. The monoisotopic (exact) mass is 332 g/mol. The summed E-state index contributed by atoms with van der Waals surface area (Å²) in [7, 11) is 0. The Kier molecular flexibility index (Phi) is 7.88. The highest BCUT2D eigenvalue weighted by Crippen LogP contribution is 2.20. The molecular weight excluding hydrogens is 316 g/mol. The third kappa shape index (κ3) is 6.28. The standard InChI is InChI=1S/C12H17BrN2O2S/c13-10-4-1-2-5-11(10)15-12(17)14-6-9-18-8-3-7-16/h1-2,4-5,16H,3,6-9H2,(H2,14,15,17). The molecule has 0 aliphatic heterocycles. The average molecular weight is 333 g/mol. The predicted octanol–water partition coefficient (Wildman–Crippen LogP) is 2.69. The summed E-state index contributed by atoms with van der Waals surface area (Å²) >= 11 is 5.08. The van der Waals surface area contributed by atoms with Crippen LogP contribution in [-0.4, -0.2) is 35.8 Å². The van der Waals surface area contributed by atoms with Crippen molar-refractivity contribution in [2.45, 2.75) is 6.42 Å². The molecule has 1 aromatic rings. The van der Waals surface area contributed by atoms with Gasteiger partial charge in [-0.3, -0.25) is 0 Å². The van der Waals surface area contributed by atoms with E-state index >= 15 is 0 Å². The molecule has 0 saturated carbocycles. The van der Waals surface area contributed by atoms with Crippen molar-refractivity contribution in [3.8, 4) is 0 Å². The van der Waals surface area contributed by atoms with Crippen LogP contribution in [0.4, 0.5) is 10.5 Å². The van der Waals surface area contributed by atoms with Gasteiger partial charge >= 0.3 is 6.03 Å². The van der Waals surface area contributed by atoms with Gasteiger partial charge in [0.1, 0.15) is 0 Å². The first kappa shape index (κ1) is 15.3. The number of benzene rings is 1. The Labute approximate surface area is 120 Å². The smallest absolute Gasteiger partial charge is 0.319 e. The Morgan fingerprint density at radius 3 is 2.83 bits per heavy atom. The van der Waals surface area contributed by atoms with E-state index in [0.29, 0.717) is 6.54 Å². The summed E-state index contributed by atoms with van der Waals surface area (Å²) in [5, 5.41) is 14.2. The normalized spacial score (nSPS) is 10.1. The maximum Gasteiger partial charge on any atom is 0.319 e. The number of aliphatic hydroxyl groups excluding tert-OH is 1. The summed E-state index contributed by atoms with van der Waals surface area (Å²) < 4.78 is 0.859. The van der Waals surface area contributed by atoms with Gasteiger partial charge in [0.25, 0.3) is 0 Å². The van der Waals surface area contributed by atoms with Gasteiger partial charge in [0.05, 0.1) is 5.69 Å². The molecule has 0 unspecified atom stereocenters. The summed E-state index contributed by atoms with van der Waals surface area (Å²) in [5.41, 5.74) is 0.753. The van der Waals surface area contributed by atoms with Gasteiger partial charge in [0.2, 0.25) is 0 Å². The van der Waals surface area contributed by atoms with E-state index in [1.807, 2.05) is 24.3 Å². The lowest BCUT2D eigenvalue weighted by Gasteiger charge is -2.08. The molecule has 0 aromatic heterocycles. The number of halogens is 1. The number of thioether (sulfide) groups is 1. The molecule has 0 aliphatic carbocycles. The zero-order chi connectivity index (χ0) is 13.2. The van der Waals surface area contributed by atoms with Gasteiger partial charge in [0, 0.05) is 23.4 Å². The molecule has 3 N–H and O–H groups in total. The van der Waals surface area contributed by atoms with Gasteiger partial charge in [-0.1, -0.05) is 12.1 Å². The Hall–Kier alpha value is -0.720. The number of carbonyl (C=O) groups excluding carboxylic acids is 1. The molecule has 0 fully saturated rings. The van der Waals surface area contributed by atoms with Crippen LogP contribution in [0.5, 0.6) is 0 Å². The fraction of sp³-hybridized carbons (Fsp3) is 0.417. The second-order valence-electron chi connectivity index (χ2n) is 3.55. The molecule has 0 radical (unpaired) electrons. The topological polar surface area (TPSA) is 61.4 Å². The summed E-state index contributed by atoms with van der Waals surface area (Å²) in [4.78, 5) is 11.6. The third-order valence-corrected chi connectivity index (χ3v) is 3.86. The maximum absolute atomic E-state index is 11.6. The Morgan fingerprint density at radius 1 is 1.33 bits per heavy atom. The van der Waals surface area contributed by atoms with Crippen LogP contribution in [0.3, 0.4) is 0 Å². The number of rotatable bonds is 7. The molecule has 0 bridgehead atoms. The average Bonchev–Trinajstić information content (AvgIpc) is 2.36. The van der Waals surface area contributed by atoms with E-state index in [9.17, 15) is 4.79 Å². The molecule has 6 heteroatoms. The molecule has 0 atom stereocenters. The van der Waals surface area contributed by atoms with E-state index in [4.69, 9.17) is 5.11 Å². The molecule has 4 nitrogen and oxygen atoms in total. The lowest BCUT2D eigenvalue weighted by molar-refractivity contribution is 0.252. The lowest BCUT2D eigenvalue weighted by Crippen LogP contribution is -2.30. The van der Waals surface area contributed by atoms with Crippen molar-refractivity contribution >= 4 is 39.4 Å². The Balaban J connectivity index is 2.16. The highest BCUT2D eigenvalue weighted by atomic mass is 79.9. The molecule has 0 saturated heterocycles. The van der Waals surface area contributed by atoms with E-state index in [1.54, 1.807) is 11.8 Å². The summed E-state index contributed by atoms with van der Waals surface area (Å²) in [6.07, 6.45) is 0.799. The van der Waals surface area contributed by atoms with Crippen LogP contribution in [0.25, 0.3) is 0 Å². The minimum Gasteiger partial charge on any atom is -0.396 e. The molecule has 0 aliphatic rings. The molecular formula is C12H17BrN2O2S. The van der Waals surface area contributed by atoms with Crippen molar-refractivity contribution in [1.29, 1.82) is 0 Å². The van der Waals surface area contributed by atoms with Crippen LogP contribution in [0.2, 0.25) is 0 Å². The minimum absolute atomic E-state index is 0.204. The van der Waals surface area contributed by atoms with E-state index in [1.165, 1.54) is 0 Å². The number of hydrogen-bond acceptors (Lipinski definition) is 3. The first-order valence-electron chi connectivity index (χ1n) is 5.72. The Morgan fingerprint density at radius 2 is 2.11 bits per heavy atom. The zero-order valence-electron chi connectivity index (χ0n) is 9.99. The van der Waals surface area contributed by atoms with Gasteiger partial charge in [-0.15, -0.1) is 0 Å². The van der Waals surface area contributed by atoms with Crippen molar-refractivity contribution in [3.63, 3.8) is 0 Å². The van der Waals surface area contributed by atoms with Crippen LogP contribution in [-0.2, 0) is 0 Å². The van der Waals surface area contributed by atoms with Gasteiger partial charge in [-0.05, 0) is 40.2 Å². The number of amides is 2. The summed E-state index contributed by atoms with van der Waals surface area (Å²) in [5.74, 6) is 1.77. The number of carbonyl (C=O) groups is 1. The second kappa shape index (κ2) is 9.24. The maximum atomic E-state index is 11.6. The van der Waals surface area contributed by atoms with Crippen LogP contribution in [0.1, 0.15) is 6.42 Å². The van der Waals surface area contributed by atoms with E-state index in [-0.39, 0.29) is 12.6 Å². The van der Waals surface area contributed by atoms with Gasteiger partial charge in [0.15, 0.2) is 0 Å². The summed E-state index contributed by atoms with van der Waals surface area (Å²) in [6.45, 7) is 0.843. The minimum atomic E-state index is -0.204. The zero-order valence-corrected chi connectivity index (χ0v) is 12.4. The lowest BCUT2D eigenvalue weighted by atomic mass is 10.3. The molecule has 18 heavy (non-hydrogen) atoms. The van der Waals surface area contributed by atoms with E-state index < -0.39 is 0 Å². The number of aliphatic hydroxyl groups is 1. The highest BCUT2D eigenvalue weighted by molar-refractivity contribution is 9.10. The molecule has 0 heterocycles. The quantitative estimate of drug-likeness (QED) is 0.673. The molecule has 1 aromatic carbocycles. The predicted molar refractivity (Wildman–Crippen MR) is 80.2 cm³/mol. The number of nitrogens with one attached hydrogen (secondary N) is 2. The van der Waals surface area contributed by atoms with Crippen molar-refractivity contribution in [3.05, 3.63) is 28.7 Å². The van der Waals surface area contributed by atoms with Crippen molar-refractivity contribution in [2.75, 3.05) is 30.0 Å². The number of urea groups is 1. The highest BCUT2D eigenvalue weighted by Gasteiger charge is 2.03. The third-order valence-electron chi connectivity index (χ3n) is 2.10. The first-order chi connectivity index (χ1) is 8.74. The van der Waals surface area contributed by atoms with Gasteiger partial charge in [-0.25, -0.2) is 4.79 Å². The van der Waals surface area contributed by atoms with Crippen molar-refractivity contribution < 1.29 is 9.90 Å². The molecule has 0 spiro atoms. The fourth-order valence-electron chi connectivity index (χ4n) is 1.23. The number of hydrogen-bond donors (Lipinski definition) is 3. The summed E-state index contributed by atoms with van der Waals surface area (Å²) in [6, 6.07) is 7.26. The molecule has 1 rings (SSSR count). The van der Waals surface area contributed by atoms with Crippen LogP contribution in [0, 0.1) is 0 Å².